The minimum absolute atomic E-state index is 0.275. The zero-order valence-electron chi connectivity index (χ0n) is 7.63. The summed E-state index contributed by atoms with van der Waals surface area (Å²) in [4.78, 5) is 11.3. The van der Waals surface area contributed by atoms with Gasteiger partial charge >= 0.3 is 5.97 Å². The quantitative estimate of drug-likeness (QED) is 0.746. The van der Waals surface area contributed by atoms with Crippen molar-refractivity contribution in [3.8, 4) is 0 Å². The topological polar surface area (TPSA) is 26.3 Å². The number of benzene rings is 1. The third-order valence-electron chi connectivity index (χ3n) is 1.68. The Morgan fingerprint density at radius 1 is 1.54 bits per heavy atom. The molecule has 0 heterocycles. The number of esters is 1. The maximum Gasteiger partial charge on any atom is 0.338 e. The van der Waals surface area contributed by atoms with Crippen LogP contribution in [0.15, 0.2) is 22.7 Å². The average Bonchev–Trinajstić information content (AvgIpc) is 2.10. The van der Waals surface area contributed by atoms with Gasteiger partial charge in [0.1, 0.15) is 0 Å². The maximum atomic E-state index is 11.3. The number of aryl methyl sites for hydroxylation is 1. The zero-order valence-corrected chi connectivity index (χ0v) is 9.22. The number of hydrogen-bond acceptors (Lipinski definition) is 2. The summed E-state index contributed by atoms with van der Waals surface area (Å²) >= 11 is 3.36. The fourth-order valence-electron chi connectivity index (χ4n) is 0.934. The van der Waals surface area contributed by atoms with Crippen molar-refractivity contribution >= 4 is 21.9 Å². The zero-order chi connectivity index (χ0) is 9.84. The summed E-state index contributed by atoms with van der Waals surface area (Å²) < 4.78 is 5.79. The van der Waals surface area contributed by atoms with E-state index in [0.29, 0.717) is 12.2 Å². The fourth-order valence-corrected chi connectivity index (χ4v) is 1.31. The van der Waals surface area contributed by atoms with Crippen molar-refractivity contribution in [2.75, 3.05) is 6.61 Å². The van der Waals surface area contributed by atoms with Crippen LogP contribution in [-0.4, -0.2) is 12.6 Å². The van der Waals surface area contributed by atoms with E-state index in [9.17, 15) is 4.79 Å². The molecule has 0 saturated carbocycles. The molecule has 70 valence electrons. The van der Waals surface area contributed by atoms with Crippen LogP contribution in [0, 0.1) is 6.92 Å². The van der Waals surface area contributed by atoms with E-state index in [4.69, 9.17) is 4.74 Å². The molecule has 1 rings (SSSR count). The Balaban J connectivity index is 2.90. The average molecular weight is 243 g/mol. The van der Waals surface area contributed by atoms with Crippen molar-refractivity contribution in [3.05, 3.63) is 33.8 Å². The lowest BCUT2D eigenvalue weighted by atomic mass is 10.1. The first-order chi connectivity index (χ1) is 6.15. The van der Waals surface area contributed by atoms with Gasteiger partial charge in [0.25, 0.3) is 0 Å². The molecule has 0 aromatic heterocycles. The molecule has 0 bridgehead atoms. The molecule has 0 aliphatic rings. The molecule has 0 spiro atoms. The number of carbonyl (C=O) groups excluding carboxylic acids is 1. The first-order valence-electron chi connectivity index (χ1n) is 4.08. The van der Waals surface area contributed by atoms with Gasteiger partial charge in [-0.15, -0.1) is 0 Å². The molecule has 1 aromatic rings. The largest absolute Gasteiger partial charge is 0.462 e. The smallest absolute Gasteiger partial charge is 0.338 e. The Morgan fingerprint density at radius 2 is 2.23 bits per heavy atom. The van der Waals surface area contributed by atoms with Crippen molar-refractivity contribution < 1.29 is 9.53 Å². The minimum atomic E-state index is -0.275. The highest BCUT2D eigenvalue weighted by Crippen LogP contribution is 2.17. The lowest BCUT2D eigenvalue weighted by Crippen LogP contribution is -2.04. The molecule has 0 aliphatic carbocycles. The van der Waals surface area contributed by atoms with E-state index < -0.39 is 0 Å². The normalized spacial score (nSPS) is 9.77. The van der Waals surface area contributed by atoms with E-state index >= 15 is 0 Å². The molecule has 0 aliphatic heterocycles. The van der Waals surface area contributed by atoms with Crippen LogP contribution in [-0.2, 0) is 4.74 Å². The van der Waals surface area contributed by atoms with Crippen molar-refractivity contribution in [3.63, 3.8) is 0 Å². The Kier molecular flexibility index (Phi) is 3.48. The lowest BCUT2D eigenvalue weighted by molar-refractivity contribution is 0.0526. The van der Waals surface area contributed by atoms with Gasteiger partial charge in [0, 0.05) is 4.47 Å². The third kappa shape index (κ3) is 2.56. The fraction of sp³-hybridized carbons (Fsp3) is 0.300. The number of hydrogen-bond donors (Lipinski definition) is 0. The van der Waals surface area contributed by atoms with E-state index in [0.717, 1.165) is 10.0 Å². The van der Waals surface area contributed by atoms with E-state index in [2.05, 4.69) is 15.9 Å². The van der Waals surface area contributed by atoms with Crippen molar-refractivity contribution in [1.82, 2.24) is 0 Å². The van der Waals surface area contributed by atoms with Crippen LogP contribution in [0.1, 0.15) is 22.8 Å². The minimum Gasteiger partial charge on any atom is -0.462 e. The maximum absolute atomic E-state index is 11.3. The SMILES string of the molecule is CCOC(=O)c1ccc(C)c(Br)c1. The predicted octanol–water partition coefficient (Wildman–Crippen LogP) is 2.93. The number of carbonyl (C=O) groups is 1. The predicted molar refractivity (Wildman–Crippen MR) is 54.8 cm³/mol. The molecule has 1 aromatic carbocycles. The van der Waals surface area contributed by atoms with Crippen molar-refractivity contribution in [2.24, 2.45) is 0 Å². The molecule has 0 amide bonds. The summed E-state index contributed by atoms with van der Waals surface area (Å²) in [6.07, 6.45) is 0. The first kappa shape index (κ1) is 10.3. The van der Waals surface area contributed by atoms with Gasteiger partial charge < -0.3 is 4.74 Å². The molecule has 0 radical (unpaired) electrons. The highest BCUT2D eigenvalue weighted by atomic mass is 79.9. The van der Waals surface area contributed by atoms with Gasteiger partial charge in [-0.3, -0.25) is 0 Å². The van der Waals surface area contributed by atoms with E-state index in [-0.39, 0.29) is 5.97 Å². The van der Waals surface area contributed by atoms with Gasteiger partial charge in [-0.05, 0) is 31.5 Å². The van der Waals surface area contributed by atoms with E-state index in [1.807, 2.05) is 13.0 Å². The van der Waals surface area contributed by atoms with Crippen LogP contribution < -0.4 is 0 Å². The van der Waals surface area contributed by atoms with Crippen LogP contribution in [0.4, 0.5) is 0 Å². The first-order valence-corrected chi connectivity index (χ1v) is 4.87. The second-order valence-electron chi connectivity index (χ2n) is 2.68. The van der Waals surface area contributed by atoms with E-state index in [1.54, 1.807) is 19.1 Å². The number of halogens is 1. The Labute approximate surface area is 86.0 Å². The molecule has 0 fully saturated rings. The van der Waals surface area contributed by atoms with Crippen LogP contribution in [0.2, 0.25) is 0 Å². The van der Waals surface area contributed by atoms with Crippen molar-refractivity contribution in [1.29, 1.82) is 0 Å². The third-order valence-corrected chi connectivity index (χ3v) is 2.54. The Bertz CT molecular complexity index is 321. The van der Waals surface area contributed by atoms with Gasteiger partial charge in [-0.1, -0.05) is 22.0 Å². The number of rotatable bonds is 2. The number of ether oxygens (including phenoxy) is 1. The van der Waals surface area contributed by atoms with E-state index in [1.165, 1.54) is 0 Å². The molecule has 0 atom stereocenters. The highest BCUT2D eigenvalue weighted by molar-refractivity contribution is 9.10. The summed E-state index contributed by atoms with van der Waals surface area (Å²) in [5.41, 5.74) is 1.69. The molecule has 2 nitrogen and oxygen atoms in total. The summed E-state index contributed by atoms with van der Waals surface area (Å²) in [7, 11) is 0. The van der Waals surface area contributed by atoms with Crippen LogP contribution in [0.25, 0.3) is 0 Å². The second-order valence-corrected chi connectivity index (χ2v) is 3.54. The summed E-state index contributed by atoms with van der Waals surface area (Å²) in [5, 5.41) is 0. The van der Waals surface area contributed by atoms with Gasteiger partial charge in [0.15, 0.2) is 0 Å². The summed E-state index contributed by atoms with van der Waals surface area (Å²) in [6.45, 7) is 4.17. The molecule has 3 heteroatoms. The van der Waals surface area contributed by atoms with Crippen molar-refractivity contribution in [2.45, 2.75) is 13.8 Å². The van der Waals surface area contributed by atoms with Crippen LogP contribution in [0.5, 0.6) is 0 Å². The lowest BCUT2D eigenvalue weighted by Gasteiger charge is -2.03. The van der Waals surface area contributed by atoms with Gasteiger partial charge in [0.2, 0.25) is 0 Å². The summed E-state index contributed by atoms with van der Waals surface area (Å²) in [5.74, 6) is -0.275. The summed E-state index contributed by atoms with van der Waals surface area (Å²) in [6, 6.07) is 5.42. The molecule has 13 heavy (non-hydrogen) atoms. The Hall–Kier alpha value is -0.830. The van der Waals surface area contributed by atoms with Gasteiger partial charge in [-0.25, -0.2) is 4.79 Å². The molecular formula is C10H11BrO2. The highest BCUT2D eigenvalue weighted by Gasteiger charge is 2.06. The molecular weight excluding hydrogens is 232 g/mol. The molecule has 0 saturated heterocycles. The van der Waals surface area contributed by atoms with Gasteiger partial charge in [-0.2, -0.15) is 0 Å². The molecule has 0 N–H and O–H groups in total. The molecule has 0 unspecified atom stereocenters. The Morgan fingerprint density at radius 3 is 2.77 bits per heavy atom. The standard InChI is InChI=1S/C10H11BrO2/c1-3-13-10(12)8-5-4-7(2)9(11)6-8/h4-6H,3H2,1-2H3. The second kappa shape index (κ2) is 4.42. The monoisotopic (exact) mass is 242 g/mol. The van der Waals surface area contributed by atoms with Gasteiger partial charge in [0.05, 0.1) is 12.2 Å². The van der Waals surface area contributed by atoms with Crippen LogP contribution in [0.3, 0.4) is 0 Å². The van der Waals surface area contributed by atoms with Crippen LogP contribution >= 0.6 is 15.9 Å².